The largest absolute Gasteiger partial charge is 0.270 e. The van der Waals surface area contributed by atoms with Crippen LogP contribution in [0.5, 0.6) is 0 Å². The van der Waals surface area contributed by atoms with Crippen molar-refractivity contribution >= 4 is 24.1 Å². The predicted octanol–water partition coefficient (Wildman–Crippen LogP) is 2.04. The lowest BCUT2D eigenvalue weighted by Gasteiger charge is -1.95. The van der Waals surface area contributed by atoms with Gasteiger partial charge in [-0.25, -0.2) is 0 Å². The van der Waals surface area contributed by atoms with Gasteiger partial charge in [-0.15, -0.1) is 0 Å². The molecule has 2 aromatic rings. The maximum atomic E-state index is 10.6. The van der Waals surface area contributed by atoms with Crippen molar-refractivity contribution < 1.29 is 4.92 Å². The van der Waals surface area contributed by atoms with Gasteiger partial charge in [0.15, 0.2) is 0 Å². The summed E-state index contributed by atoms with van der Waals surface area (Å²) in [7, 11) is 0. The van der Waals surface area contributed by atoms with Crippen molar-refractivity contribution in [1.29, 1.82) is 0 Å². The summed E-state index contributed by atoms with van der Waals surface area (Å²) in [6, 6.07) is 6.17. The molecule has 8 heteroatoms. The summed E-state index contributed by atoms with van der Waals surface area (Å²) in [5, 5.41) is 21.2. The molecule has 0 radical (unpaired) electrons. The number of aromatic amines is 1. The van der Waals surface area contributed by atoms with Crippen LogP contribution in [0, 0.1) is 21.8 Å². The fraction of sp³-hybridized carbons (Fsp3) is 0.100. The number of hydrogen-bond acceptors (Lipinski definition) is 5. The van der Waals surface area contributed by atoms with E-state index < -0.39 is 4.92 Å². The van der Waals surface area contributed by atoms with Gasteiger partial charge in [-0.3, -0.25) is 15.2 Å². The van der Waals surface area contributed by atoms with E-state index in [0.717, 1.165) is 0 Å². The number of aryl methyl sites for hydroxylation is 1. The molecule has 0 atom stereocenters. The third kappa shape index (κ3) is 2.48. The normalized spacial score (nSPS) is 10.9. The second-order valence-corrected chi connectivity index (χ2v) is 3.87. The molecular weight excluding hydrogens is 254 g/mol. The summed E-state index contributed by atoms with van der Waals surface area (Å²) >= 11 is 4.98. The van der Waals surface area contributed by atoms with Gasteiger partial charge in [0.25, 0.3) is 5.69 Å². The van der Waals surface area contributed by atoms with Crippen LogP contribution in [0.15, 0.2) is 29.4 Å². The Labute approximate surface area is 107 Å². The first-order valence-electron chi connectivity index (χ1n) is 5.01. The zero-order chi connectivity index (χ0) is 13.1. The van der Waals surface area contributed by atoms with E-state index in [1.807, 2.05) is 0 Å². The minimum atomic E-state index is -0.452. The van der Waals surface area contributed by atoms with E-state index in [2.05, 4.69) is 15.3 Å². The van der Waals surface area contributed by atoms with Crippen LogP contribution in [-0.4, -0.2) is 26.0 Å². The number of hydrogen-bond donors (Lipinski definition) is 1. The fourth-order valence-electron chi connectivity index (χ4n) is 1.35. The SMILES string of the molecule is Cc1n[nH]c(=S)n1/N=C/c1cccc([N+](=O)[O-])c1. The summed E-state index contributed by atoms with van der Waals surface area (Å²) in [4.78, 5) is 10.2. The van der Waals surface area contributed by atoms with Crippen molar-refractivity contribution in [1.82, 2.24) is 14.9 Å². The summed E-state index contributed by atoms with van der Waals surface area (Å²) in [6.45, 7) is 1.75. The third-order valence-corrected chi connectivity index (χ3v) is 2.48. The van der Waals surface area contributed by atoms with Gasteiger partial charge in [-0.05, 0) is 19.1 Å². The highest BCUT2D eigenvalue weighted by molar-refractivity contribution is 7.71. The van der Waals surface area contributed by atoms with Crippen LogP contribution in [0.2, 0.25) is 0 Å². The molecule has 0 unspecified atom stereocenters. The third-order valence-electron chi connectivity index (χ3n) is 2.22. The number of aromatic nitrogens is 3. The number of nitrogens with one attached hydrogen (secondary N) is 1. The van der Waals surface area contributed by atoms with Gasteiger partial charge in [-0.2, -0.15) is 14.9 Å². The maximum Gasteiger partial charge on any atom is 0.270 e. The Balaban J connectivity index is 2.32. The van der Waals surface area contributed by atoms with Gasteiger partial charge in [-0.1, -0.05) is 12.1 Å². The van der Waals surface area contributed by atoms with Crippen LogP contribution in [0.3, 0.4) is 0 Å². The van der Waals surface area contributed by atoms with E-state index in [1.165, 1.54) is 23.0 Å². The molecule has 0 saturated heterocycles. The molecule has 1 N–H and O–H groups in total. The monoisotopic (exact) mass is 263 g/mol. The highest BCUT2D eigenvalue weighted by atomic mass is 32.1. The van der Waals surface area contributed by atoms with Crippen molar-refractivity contribution in [3.05, 3.63) is 50.5 Å². The molecule has 0 fully saturated rings. The van der Waals surface area contributed by atoms with E-state index >= 15 is 0 Å². The van der Waals surface area contributed by atoms with Crippen molar-refractivity contribution in [3.8, 4) is 0 Å². The predicted molar refractivity (Wildman–Crippen MR) is 68.2 cm³/mol. The summed E-state index contributed by atoms with van der Waals surface area (Å²) in [6.07, 6.45) is 1.49. The van der Waals surface area contributed by atoms with Crippen LogP contribution in [-0.2, 0) is 0 Å². The number of nitrogens with zero attached hydrogens (tertiary/aromatic N) is 4. The zero-order valence-electron chi connectivity index (χ0n) is 9.40. The van der Waals surface area contributed by atoms with Crippen LogP contribution >= 0.6 is 12.2 Å². The molecule has 1 aromatic carbocycles. The maximum absolute atomic E-state index is 10.6. The highest BCUT2D eigenvalue weighted by Gasteiger charge is 2.04. The van der Waals surface area contributed by atoms with E-state index in [9.17, 15) is 10.1 Å². The summed E-state index contributed by atoms with van der Waals surface area (Å²) in [5.74, 6) is 0.613. The minimum absolute atomic E-state index is 0.0199. The van der Waals surface area contributed by atoms with Gasteiger partial charge in [0.1, 0.15) is 5.82 Å². The fourth-order valence-corrected chi connectivity index (χ4v) is 1.57. The lowest BCUT2D eigenvalue weighted by molar-refractivity contribution is -0.384. The summed E-state index contributed by atoms with van der Waals surface area (Å²) < 4.78 is 1.81. The van der Waals surface area contributed by atoms with E-state index in [-0.39, 0.29) is 5.69 Å². The zero-order valence-corrected chi connectivity index (χ0v) is 10.2. The molecule has 7 nitrogen and oxygen atoms in total. The first-order chi connectivity index (χ1) is 8.58. The Morgan fingerprint density at radius 3 is 3.00 bits per heavy atom. The Bertz CT molecular complexity index is 673. The minimum Gasteiger partial charge on any atom is -0.258 e. The van der Waals surface area contributed by atoms with E-state index in [4.69, 9.17) is 12.2 Å². The molecule has 0 bridgehead atoms. The van der Waals surface area contributed by atoms with Crippen molar-refractivity contribution in [3.63, 3.8) is 0 Å². The molecule has 0 aliphatic heterocycles. The van der Waals surface area contributed by atoms with E-state index in [0.29, 0.717) is 16.2 Å². The van der Waals surface area contributed by atoms with Crippen molar-refractivity contribution in [2.24, 2.45) is 5.10 Å². The van der Waals surface area contributed by atoms with Gasteiger partial charge < -0.3 is 0 Å². The molecule has 0 aliphatic carbocycles. The first kappa shape index (κ1) is 12.1. The van der Waals surface area contributed by atoms with Crippen LogP contribution < -0.4 is 0 Å². The van der Waals surface area contributed by atoms with E-state index in [1.54, 1.807) is 19.1 Å². The Kier molecular flexibility index (Phi) is 3.28. The molecule has 2 rings (SSSR count). The second kappa shape index (κ2) is 4.88. The van der Waals surface area contributed by atoms with Gasteiger partial charge >= 0.3 is 0 Å². The van der Waals surface area contributed by atoms with Crippen LogP contribution in [0.1, 0.15) is 11.4 Å². The number of nitro benzene ring substituents is 1. The van der Waals surface area contributed by atoms with Crippen molar-refractivity contribution in [2.75, 3.05) is 0 Å². The van der Waals surface area contributed by atoms with Gasteiger partial charge in [0.05, 0.1) is 11.1 Å². The number of nitro groups is 1. The topological polar surface area (TPSA) is 89.1 Å². The van der Waals surface area contributed by atoms with Crippen LogP contribution in [0.4, 0.5) is 5.69 Å². The smallest absolute Gasteiger partial charge is 0.258 e. The van der Waals surface area contributed by atoms with Crippen molar-refractivity contribution in [2.45, 2.75) is 6.92 Å². The first-order valence-corrected chi connectivity index (χ1v) is 5.41. The number of non-ortho nitro benzene ring substituents is 1. The second-order valence-electron chi connectivity index (χ2n) is 3.48. The summed E-state index contributed by atoms with van der Waals surface area (Å²) in [5.41, 5.74) is 0.637. The average Bonchev–Trinajstić information content (AvgIpc) is 2.67. The lowest BCUT2D eigenvalue weighted by Crippen LogP contribution is -1.94. The van der Waals surface area contributed by atoms with Gasteiger partial charge in [0.2, 0.25) is 4.77 Å². The quantitative estimate of drug-likeness (QED) is 0.397. The lowest BCUT2D eigenvalue weighted by atomic mass is 10.2. The molecule has 1 heterocycles. The molecule has 0 aliphatic rings. The number of rotatable bonds is 3. The Morgan fingerprint density at radius 2 is 2.39 bits per heavy atom. The molecule has 0 saturated carbocycles. The molecule has 1 aromatic heterocycles. The van der Waals surface area contributed by atoms with Gasteiger partial charge in [0, 0.05) is 17.7 Å². The Morgan fingerprint density at radius 1 is 1.61 bits per heavy atom. The molecule has 18 heavy (non-hydrogen) atoms. The molecular formula is C10H9N5O2S. The molecule has 0 spiro atoms. The average molecular weight is 263 g/mol. The Hall–Kier alpha value is -2.35. The molecule has 0 amide bonds. The molecule has 92 valence electrons. The standard InChI is InChI=1S/C10H9N5O2S/c1-7-12-13-10(18)14(7)11-6-8-3-2-4-9(5-8)15(16)17/h2-6H,1H3,(H,13,18)/b11-6+. The highest BCUT2D eigenvalue weighted by Crippen LogP contribution is 2.11. The number of H-pyrrole nitrogens is 1. The van der Waals surface area contributed by atoms with Crippen LogP contribution in [0.25, 0.3) is 0 Å². The number of benzene rings is 1.